The van der Waals surface area contributed by atoms with Gasteiger partial charge < -0.3 is 9.47 Å². The van der Waals surface area contributed by atoms with Crippen molar-refractivity contribution in [3.8, 4) is 0 Å². The lowest BCUT2D eigenvalue weighted by Crippen LogP contribution is -2.35. The number of rotatable bonds is 6. The molecule has 0 N–H and O–H groups in total. The molecule has 23 heavy (non-hydrogen) atoms. The first-order valence-electron chi connectivity index (χ1n) is 7.88. The molecule has 1 saturated heterocycles. The molecule has 0 atom stereocenters. The molecule has 8 heteroatoms. The summed E-state index contributed by atoms with van der Waals surface area (Å²) < 4.78 is 27.5. The van der Waals surface area contributed by atoms with E-state index in [0.717, 1.165) is 12.8 Å². The maximum absolute atomic E-state index is 12.5. The maximum atomic E-state index is 12.5. The minimum atomic E-state index is -3.65. The number of carbonyl (C=O) groups excluding carboxylic acids is 1. The number of nitrogens with zero attached hydrogens (tertiary/aromatic N) is 3. The zero-order valence-corrected chi connectivity index (χ0v) is 14.4. The summed E-state index contributed by atoms with van der Waals surface area (Å²) in [5.74, 6) is -0.151. The van der Waals surface area contributed by atoms with E-state index in [1.807, 2.05) is 0 Å². The van der Waals surface area contributed by atoms with Crippen LogP contribution in [0.25, 0.3) is 0 Å². The fraction of sp³-hybridized carbons (Fsp3) is 0.600. The van der Waals surface area contributed by atoms with E-state index in [-0.39, 0.29) is 22.9 Å². The summed E-state index contributed by atoms with van der Waals surface area (Å²) in [6.07, 6.45) is 3.21. The van der Waals surface area contributed by atoms with Crippen LogP contribution in [0.3, 0.4) is 0 Å². The molecule has 0 aliphatic carbocycles. The van der Waals surface area contributed by atoms with Gasteiger partial charge in [-0.05, 0) is 18.9 Å². The Morgan fingerprint density at radius 2 is 1.78 bits per heavy atom. The number of amides is 1. The van der Waals surface area contributed by atoms with Crippen LogP contribution in [0.1, 0.15) is 26.7 Å². The fourth-order valence-electron chi connectivity index (χ4n) is 2.71. The molecule has 2 rings (SSSR count). The number of pyridine rings is 1. The number of carbonyl (C=O) groups is 1. The Bertz CT molecular complexity index is 716. The lowest BCUT2D eigenvalue weighted by Gasteiger charge is -2.19. The van der Waals surface area contributed by atoms with Crippen LogP contribution in [0, 0.1) is 0 Å². The Labute approximate surface area is 136 Å². The van der Waals surface area contributed by atoms with E-state index in [4.69, 9.17) is 0 Å². The Hall–Kier alpha value is -1.67. The predicted molar refractivity (Wildman–Crippen MR) is 86.6 cm³/mol. The van der Waals surface area contributed by atoms with Gasteiger partial charge in [-0.2, -0.15) is 4.31 Å². The van der Waals surface area contributed by atoms with E-state index in [0.29, 0.717) is 26.2 Å². The zero-order valence-electron chi connectivity index (χ0n) is 13.6. The molecule has 0 radical (unpaired) electrons. The summed E-state index contributed by atoms with van der Waals surface area (Å²) in [6, 6.07) is 2.50. The van der Waals surface area contributed by atoms with Crippen molar-refractivity contribution in [3.63, 3.8) is 0 Å². The minimum Gasteiger partial charge on any atom is -0.341 e. The molecule has 1 aliphatic rings. The molecule has 1 amide bonds. The minimum absolute atomic E-state index is 0.0371. The molecule has 0 bridgehead atoms. The van der Waals surface area contributed by atoms with Crippen molar-refractivity contribution in [2.75, 3.05) is 26.2 Å². The summed E-state index contributed by atoms with van der Waals surface area (Å²) in [7, 11) is -3.65. The van der Waals surface area contributed by atoms with Crippen LogP contribution in [0.4, 0.5) is 0 Å². The first-order chi connectivity index (χ1) is 10.9. The van der Waals surface area contributed by atoms with Crippen molar-refractivity contribution in [2.45, 2.75) is 38.1 Å². The highest BCUT2D eigenvalue weighted by Crippen LogP contribution is 2.14. The van der Waals surface area contributed by atoms with E-state index in [1.54, 1.807) is 18.7 Å². The van der Waals surface area contributed by atoms with Gasteiger partial charge in [0, 0.05) is 38.4 Å². The van der Waals surface area contributed by atoms with Crippen LogP contribution in [-0.2, 0) is 21.4 Å². The van der Waals surface area contributed by atoms with Gasteiger partial charge >= 0.3 is 0 Å². The second kappa shape index (κ2) is 7.27. The molecular formula is C15H23N3O4S. The highest BCUT2D eigenvalue weighted by Gasteiger charge is 2.23. The number of hydrogen-bond acceptors (Lipinski definition) is 4. The third kappa shape index (κ3) is 3.81. The van der Waals surface area contributed by atoms with Crippen LogP contribution in [0.2, 0.25) is 0 Å². The second-order valence-corrected chi connectivity index (χ2v) is 7.45. The summed E-state index contributed by atoms with van der Waals surface area (Å²) in [5, 5.41) is 0. The van der Waals surface area contributed by atoms with Gasteiger partial charge in [-0.1, -0.05) is 13.8 Å². The maximum Gasteiger partial charge on any atom is 0.251 e. The Kier molecular flexibility index (Phi) is 5.59. The molecule has 7 nitrogen and oxygen atoms in total. The van der Waals surface area contributed by atoms with Crippen LogP contribution in [0.5, 0.6) is 0 Å². The lowest BCUT2D eigenvalue weighted by atomic mass is 10.4. The highest BCUT2D eigenvalue weighted by atomic mass is 32.2. The summed E-state index contributed by atoms with van der Waals surface area (Å²) in [5.41, 5.74) is -0.379. The molecule has 1 aliphatic heterocycles. The molecule has 2 heterocycles. The lowest BCUT2D eigenvalue weighted by molar-refractivity contribution is -0.130. The van der Waals surface area contributed by atoms with Crippen LogP contribution in [0.15, 0.2) is 28.0 Å². The molecule has 1 aromatic rings. The molecular weight excluding hydrogens is 318 g/mol. The summed E-state index contributed by atoms with van der Waals surface area (Å²) in [4.78, 5) is 25.9. The van der Waals surface area contributed by atoms with Crippen LogP contribution in [-0.4, -0.2) is 54.3 Å². The summed E-state index contributed by atoms with van der Waals surface area (Å²) >= 11 is 0. The predicted octanol–water partition coefficient (Wildman–Crippen LogP) is 0.501. The van der Waals surface area contributed by atoms with Gasteiger partial charge in [0.2, 0.25) is 15.9 Å². The van der Waals surface area contributed by atoms with Gasteiger partial charge in [-0.25, -0.2) is 8.42 Å². The van der Waals surface area contributed by atoms with E-state index in [9.17, 15) is 18.0 Å². The van der Waals surface area contributed by atoms with Gasteiger partial charge in [0.25, 0.3) is 5.56 Å². The van der Waals surface area contributed by atoms with Crippen LogP contribution >= 0.6 is 0 Å². The molecule has 0 spiro atoms. The number of likely N-dealkylation sites (tertiary alicyclic amines) is 1. The van der Waals surface area contributed by atoms with Gasteiger partial charge in [-0.15, -0.1) is 0 Å². The largest absolute Gasteiger partial charge is 0.341 e. The van der Waals surface area contributed by atoms with Gasteiger partial charge in [0.05, 0.1) is 4.90 Å². The van der Waals surface area contributed by atoms with E-state index < -0.39 is 10.0 Å². The van der Waals surface area contributed by atoms with Gasteiger partial charge in [-0.3, -0.25) is 9.59 Å². The SMILES string of the molecule is CCN(CC)S(=O)(=O)c1ccc(=O)n(CC(=O)N2CCCC2)c1. The average molecular weight is 341 g/mol. The topological polar surface area (TPSA) is 79.7 Å². The number of sulfonamides is 1. The van der Waals surface area contributed by atoms with Gasteiger partial charge in [0.1, 0.15) is 6.54 Å². The Morgan fingerprint density at radius 3 is 2.35 bits per heavy atom. The second-order valence-electron chi connectivity index (χ2n) is 5.51. The molecule has 1 fully saturated rings. The monoisotopic (exact) mass is 341 g/mol. The molecule has 0 unspecified atom stereocenters. The third-order valence-corrected chi connectivity index (χ3v) is 6.10. The quantitative estimate of drug-likeness (QED) is 0.755. The molecule has 1 aromatic heterocycles. The highest BCUT2D eigenvalue weighted by molar-refractivity contribution is 7.89. The van der Waals surface area contributed by atoms with Crippen LogP contribution < -0.4 is 5.56 Å². The zero-order chi connectivity index (χ0) is 17.0. The average Bonchev–Trinajstić information content (AvgIpc) is 3.04. The molecule has 0 aromatic carbocycles. The van der Waals surface area contributed by atoms with Crippen molar-refractivity contribution in [1.29, 1.82) is 0 Å². The first kappa shape index (κ1) is 17.7. The van der Waals surface area contributed by atoms with Gasteiger partial charge in [0.15, 0.2) is 0 Å². The Morgan fingerprint density at radius 1 is 1.17 bits per heavy atom. The molecule has 0 saturated carbocycles. The Balaban J connectivity index is 2.28. The smallest absolute Gasteiger partial charge is 0.251 e. The number of hydrogen-bond donors (Lipinski definition) is 0. The first-order valence-corrected chi connectivity index (χ1v) is 9.32. The van der Waals surface area contributed by atoms with Crippen molar-refractivity contribution >= 4 is 15.9 Å². The normalized spacial score (nSPS) is 15.3. The van der Waals surface area contributed by atoms with E-state index >= 15 is 0 Å². The van der Waals surface area contributed by atoms with Crippen molar-refractivity contribution in [1.82, 2.24) is 13.8 Å². The van der Waals surface area contributed by atoms with Crippen molar-refractivity contribution in [2.24, 2.45) is 0 Å². The van der Waals surface area contributed by atoms with Crippen molar-refractivity contribution in [3.05, 3.63) is 28.7 Å². The summed E-state index contributed by atoms with van der Waals surface area (Å²) in [6.45, 7) is 5.49. The van der Waals surface area contributed by atoms with E-state index in [1.165, 1.54) is 27.2 Å². The number of aromatic nitrogens is 1. The third-order valence-electron chi connectivity index (χ3n) is 4.06. The molecule has 128 valence electrons. The fourth-order valence-corrected chi connectivity index (χ4v) is 4.19. The standard InChI is InChI=1S/C15H23N3O4S/c1-3-18(4-2)23(21,22)13-7-8-14(19)17(11-13)12-15(20)16-9-5-6-10-16/h7-8,11H,3-6,9-10,12H2,1-2H3. The van der Waals surface area contributed by atoms with E-state index in [2.05, 4.69) is 0 Å². The van der Waals surface area contributed by atoms with Crippen molar-refractivity contribution < 1.29 is 13.2 Å².